The number of benzene rings is 1. The molecule has 2 aromatic rings. The van der Waals surface area contributed by atoms with Gasteiger partial charge in [0.05, 0.1) is 11.8 Å². The van der Waals surface area contributed by atoms with Crippen LogP contribution in [0.1, 0.15) is 35.2 Å². The first-order chi connectivity index (χ1) is 12.7. The van der Waals surface area contributed by atoms with E-state index in [1.807, 2.05) is 17.0 Å². The van der Waals surface area contributed by atoms with Crippen molar-refractivity contribution in [1.29, 1.82) is 0 Å². The van der Waals surface area contributed by atoms with E-state index >= 15 is 0 Å². The molecule has 1 N–H and O–H groups in total. The second-order valence-electron chi connectivity index (χ2n) is 7.53. The molecule has 138 valence electrons. The van der Waals surface area contributed by atoms with Crippen molar-refractivity contribution in [3.63, 3.8) is 0 Å². The Balaban J connectivity index is 1.26. The number of hydrogen-bond donors (Lipinski definition) is 1. The van der Waals surface area contributed by atoms with Gasteiger partial charge in [-0.15, -0.1) is 0 Å². The van der Waals surface area contributed by atoms with E-state index in [2.05, 4.69) is 27.2 Å². The molecule has 6 heteroatoms. The quantitative estimate of drug-likeness (QED) is 0.894. The summed E-state index contributed by atoms with van der Waals surface area (Å²) in [6, 6.07) is 8.18. The molecule has 1 amide bonds. The molecule has 26 heavy (non-hydrogen) atoms. The Morgan fingerprint density at radius 3 is 2.54 bits per heavy atom. The molecular formula is C20H25ClN4O. The number of amides is 1. The minimum absolute atomic E-state index is 0.105. The molecule has 2 fully saturated rings. The number of carbonyl (C=O) groups is 1. The Morgan fingerprint density at radius 1 is 1.12 bits per heavy atom. The van der Waals surface area contributed by atoms with Gasteiger partial charge in [-0.25, -0.2) is 0 Å². The van der Waals surface area contributed by atoms with Gasteiger partial charge in [0.1, 0.15) is 0 Å². The van der Waals surface area contributed by atoms with Crippen LogP contribution < -0.4 is 0 Å². The van der Waals surface area contributed by atoms with E-state index in [0.29, 0.717) is 5.56 Å². The summed E-state index contributed by atoms with van der Waals surface area (Å²) in [6.07, 6.45) is 6.79. The third kappa shape index (κ3) is 3.94. The standard InChI is InChI=1S/C20H25ClN4O/c21-19-3-1-15(2-4-19)13-24-8-5-17(14-24)16-6-9-25(10-7-16)20(26)18-11-22-23-12-18/h1-4,11-12,16-17H,5-10,13-14H2,(H,22,23). The second-order valence-corrected chi connectivity index (χ2v) is 7.96. The van der Waals surface area contributed by atoms with Crippen LogP contribution in [0.15, 0.2) is 36.7 Å². The minimum Gasteiger partial charge on any atom is -0.339 e. The predicted octanol–water partition coefficient (Wildman–Crippen LogP) is 3.44. The molecule has 1 aromatic heterocycles. The van der Waals surface area contributed by atoms with Gasteiger partial charge in [-0.05, 0) is 55.3 Å². The number of carbonyl (C=O) groups excluding carboxylic acids is 1. The first kappa shape index (κ1) is 17.6. The highest BCUT2D eigenvalue weighted by atomic mass is 35.5. The van der Waals surface area contributed by atoms with E-state index in [1.54, 1.807) is 12.4 Å². The van der Waals surface area contributed by atoms with Crippen molar-refractivity contribution in [3.8, 4) is 0 Å². The number of piperidine rings is 1. The van der Waals surface area contributed by atoms with E-state index in [4.69, 9.17) is 11.6 Å². The number of nitrogens with one attached hydrogen (secondary N) is 1. The summed E-state index contributed by atoms with van der Waals surface area (Å²) in [4.78, 5) is 16.9. The molecule has 1 unspecified atom stereocenters. The van der Waals surface area contributed by atoms with Crippen molar-refractivity contribution < 1.29 is 4.79 Å². The highest BCUT2D eigenvalue weighted by molar-refractivity contribution is 6.30. The van der Waals surface area contributed by atoms with E-state index in [9.17, 15) is 4.79 Å². The predicted molar refractivity (Wildman–Crippen MR) is 102 cm³/mol. The zero-order chi connectivity index (χ0) is 17.9. The average molecular weight is 373 g/mol. The lowest BCUT2D eigenvalue weighted by atomic mass is 9.83. The zero-order valence-electron chi connectivity index (χ0n) is 14.9. The summed E-state index contributed by atoms with van der Waals surface area (Å²) in [6.45, 7) is 5.07. The van der Waals surface area contributed by atoms with E-state index in [1.165, 1.54) is 25.1 Å². The van der Waals surface area contributed by atoms with E-state index < -0.39 is 0 Å². The molecule has 0 radical (unpaired) electrons. The fourth-order valence-corrected chi connectivity index (χ4v) is 4.49. The average Bonchev–Trinajstić information content (AvgIpc) is 3.35. The van der Waals surface area contributed by atoms with Crippen molar-refractivity contribution in [2.75, 3.05) is 26.2 Å². The highest BCUT2D eigenvalue weighted by Gasteiger charge is 2.33. The van der Waals surface area contributed by atoms with Gasteiger partial charge in [0, 0.05) is 37.4 Å². The van der Waals surface area contributed by atoms with Crippen LogP contribution in [-0.4, -0.2) is 52.1 Å². The van der Waals surface area contributed by atoms with Crippen LogP contribution in [0.5, 0.6) is 0 Å². The largest absolute Gasteiger partial charge is 0.339 e. The molecule has 1 atom stereocenters. The smallest absolute Gasteiger partial charge is 0.257 e. The summed E-state index contributed by atoms with van der Waals surface area (Å²) in [5, 5.41) is 7.40. The maximum atomic E-state index is 12.4. The van der Waals surface area contributed by atoms with Gasteiger partial charge >= 0.3 is 0 Å². The number of likely N-dealkylation sites (tertiary alicyclic amines) is 2. The van der Waals surface area contributed by atoms with Gasteiger partial charge in [0.15, 0.2) is 0 Å². The maximum Gasteiger partial charge on any atom is 0.257 e. The Labute approximate surface area is 159 Å². The minimum atomic E-state index is 0.105. The van der Waals surface area contributed by atoms with Crippen LogP contribution >= 0.6 is 11.6 Å². The van der Waals surface area contributed by atoms with Gasteiger partial charge < -0.3 is 4.90 Å². The van der Waals surface area contributed by atoms with Gasteiger partial charge in [-0.1, -0.05) is 23.7 Å². The molecule has 1 aromatic carbocycles. The number of rotatable bonds is 4. The van der Waals surface area contributed by atoms with Gasteiger partial charge in [-0.3, -0.25) is 14.8 Å². The molecule has 3 heterocycles. The summed E-state index contributed by atoms with van der Waals surface area (Å²) >= 11 is 5.97. The van der Waals surface area contributed by atoms with Crippen LogP contribution in [0, 0.1) is 11.8 Å². The molecule has 0 bridgehead atoms. The van der Waals surface area contributed by atoms with Crippen LogP contribution in [-0.2, 0) is 6.54 Å². The Bertz CT molecular complexity index is 723. The van der Waals surface area contributed by atoms with Crippen LogP contribution in [0.2, 0.25) is 5.02 Å². The number of halogens is 1. The molecular weight excluding hydrogens is 348 g/mol. The summed E-state index contributed by atoms with van der Waals surface area (Å²) in [5.74, 6) is 1.60. The Morgan fingerprint density at radius 2 is 1.85 bits per heavy atom. The van der Waals surface area contributed by atoms with Gasteiger partial charge in [0.2, 0.25) is 0 Å². The molecule has 2 aliphatic rings. The van der Waals surface area contributed by atoms with Crippen molar-refractivity contribution in [3.05, 3.63) is 52.8 Å². The Kier molecular flexibility index (Phi) is 5.27. The lowest BCUT2D eigenvalue weighted by Crippen LogP contribution is -2.40. The van der Waals surface area contributed by atoms with Crippen molar-refractivity contribution >= 4 is 17.5 Å². The molecule has 0 spiro atoms. The summed E-state index contributed by atoms with van der Waals surface area (Å²) in [5.41, 5.74) is 1.99. The molecule has 2 saturated heterocycles. The normalized spacial score (nSPS) is 22.0. The summed E-state index contributed by atoms with van der Waals surface area (Å²) in [7, 11) is 0. The van der Waals surface area contributed by atoms with Gasteiger partial charge in [-0.2, -0.15) is 5.10 Å². The third-order valence-electron chi connectivity index (χ3n) is 5.87. The van der Waals surface area contributed by atoms with Crippen LogP contribution in [0.3, 0.4) is 0 Å². The lowest BCUT2D eigenvalue weighted by Gasteiger charge is -2.34. The van der Waals surface area contributed by atoms with Crippen molar-refractivity contribution in [1.82, 2.24) is 20.0 Å². The summed E-state index contributed by atoms with van der Waals surface area (Å²) < 4.78 is 0. The number of H-pyrrole nitrogens is 1. The number of nitrogens with zero attached hydrogens (tertiary/aromatic N) is 3. The van der Waals surface area contributed by atoms with E-state index in [0.717, 1.165) is 49.3 Å². The molecule has 4 rings (SSSR count). The second kappa shape index (κ2) is 7.80. The van der Waals surface area contributed by atoms with Crippen LogP contribution in [0.4, 0.5) is 0 Å². The molecule has 0 saturated carbocycles. The highest BCUT2D eigenvalue weighted by Crippen LogP contribution is 2.32. The fraction of sp³-hybridized carbons (Fsp3) is 0.500. The molecule has 2 aliphatic heterocycles. The van der Waals surface area contributed by atoms with Crippen molar-refractivity contribution in [2.45, 2.75) is 25.8 Å². The molecule has 0 aliphatic carbocycles. The third-order valence-corrected chi connectivity index (χ3v) is 6.12. The zero-order valence-corrected chi connectivity index (χ0v) is 15.7. The van der Waals surface area contributed by atoms with E-state index in [-0.39, 0.29) is 5.91 Å². The maximum absolute atomic E-state index is 12.4. The van der Waals surface area contributed by atoms with Gasteiger partial charge in [0.25, 0.3) is 5.91 Å². The monoisotopic (exact) mass is 372 g/mol. The number of hydrogen-bond acceptors (Lipinski definition) is 3. The van der Waals surface area contributed by atoms with Crippen LogP contribution in [0.25, 0.3) is 0 Å². The lowest BCUT2D eigenvalue weighted by molar-refractivity contribution is 0.0659. The first-order valence-corrected chi connectivity index (χ1v) is 9.81. The topological polar surface area (TPSA) is 52.2 Å². The Hall–Kier alpha value is -1.85. The number of aromatic amines is 1. The van der Waals surface area contributed by atoms with Crippen molar-refractivity contribution in [2.24, 2.45) is 11.8 Å². The first-order valence-electron chi connectivity index (χ1n) is 9.44. The molecule has 5 nitrogen and oxygen atoms in total. The fourth-order valence-electron chi connectivity index (χ4n) is 4.36. The SMILES string of the molecule is O=C(c1cn[nH]c1)N1CCC(C2CCN(Cc3ccc(Cl)cc3)C2)CC1. The number of aromatic nitrogens is 2.